The van der Waals surface area contributed by atoms with E-state index in [1.54, 1.807) is 24.3 Å². The lowest BCUT2D eigenvalue weighted by Crippen LogP contribution is -2.32. The Kier molecular flexibility index (Phi) is 2.57. The van der Waals surface area contributed by atoms with E-state index in [0.29, 0.717) is 16.5 Å². The number of hydrogen-bond donors (Lipinski definition) is 1. The van der Waals surface area contributed by atoms with Crippen molar-refractivity contribution in [1.82, 2.24) is 0 Å². The van der Waals surface area contributed by atoms with E-state index in [9.17, 15) is 4.79 Å². The SMILES string of the molecule is N[C@@H](C(=O)c1ccc(Cl)cc1)C1CC1. The fraction of sp³-hybridized carbons (Fsp3) is 0.364. The summed E-state index contributed by atoms with van der Waals surface area (Å²) < 4.78 is 0. The molecule has 1 aromatic rings. The summed E-state index contributed by atoms with van der Waals surface area (Å²) >= 11 is 5.73. The first-order valence-electron chi connectivity index (χ1n) is 4.74. The molecule has 2 N–H and O–H groups in total. The second kappa shape index (κ2) is 3.71. The number of halogens is 1. The van der Waals surface area contributed by atoms with E-state index in [-0.39, 0.29) is 11.8 Å². The molecule has 74 valence electrons. The van der Waals surface area contributed by atoms with Gasteiger partial charge in [0.05, 0.1) is 6.04 Å². The van der Waals surface area contributed by atoms with E-state index in [0.717, 1.165) is 12.8 Å². The highest BCUT2D eigenvalue weighted by atomic mass is 35.5. The van der Waals surface area contributed by atoms with E-state index in [1.807, 2.05) is 0 Å². The smallest absolute Gasteiger partial charge is 0.179 e. The van der Waals surface area contributed by atoms with Crippen LogP contribution < -0.4 is 5.73 Å². The van der Waals surface area contributed by atoms with E-state index in [4.69, 9.17) is 17.3 Å². The standard InChI is InChI=1S/C11H12ClNO/c12-9-5-3-8(4-6-9)11(14)10(13)7-1-2-7/h3-7,10H,1-2,13H2/t10-/m1/s1. The van der Waals surface area contributed by atoms with Gasteiger partial charge in [-0.1, -0.05) is 11.6 Å². The molecule has 0 heterocycles. The van der Waals surface area contributed by atoms with Crippen molar-refractivity contribution in [3.8, 4) is 0 Å². The average molecular weight is 210 g/mol. The first-order chi connectivity index (χ1) is 6.68. The Morgan fingerprint density at radius 3 is 2.43 bits per heavy atom. The Morgan fingerprint density at radius 1 is 1.36 bits per heavy atom. The minimum atomic E-state index is -0.323. The normalized spacial score (nSPS) is 17.9. The second-order valence-electron chi connectivity index (χ2n) is 3.73. The van der Waals surface area contributed by atoms with Crippen LogP contribution in [0, 0.1) is 5.92 Å². The van der Waals surface area contributed by atoms with Crippen LogP contribution in [0.3, 0.4) is 0 Å². The fourth-order valence-corrected chi connectivity index (χ4v) is 1.60. The highest BCUT2D eigenvalue weighted by Crippen LogP contribution is 2.32. The van der Waals surface area contributed by atoms with Gasteiger partial charge in [0.15, 0.2) is 5.78 Å². The van der Waals surface area contributed by atoms with Gasteiger partial charge in [0.2, 0.25) is 0 Å². The highest BCUT2D eigenvalue weighted by Gasteiger charge is 2.33. The number of hydrogen-bond acceptors (Lipinski definition) is 2. The van der Waals surface area contributed by atoms with Crippen molar-refractivity contribution in [3.63, 3.8) is 0 Å². The maximum absolute atomic E-state index is 11.8. The van der Waals surface area contributed by atoms with Crippen LogP contribution in [-0.4, -0.2) is 11.8 Å². The molecule has 1 fully saturated rings. The van der Waals surface area contributed by atoms with Crippen LogP contribution in [0.5, 0.6) is 0 Å². The monoisotopic (exact) mass is 209 g/mol. The molecule has 0 aromatic heterocycles. The molecule has 0 radical (unpaired) electrons. The lowest BCUT2D eigenvalue weighted by atomic mass is 10.0. The summed E-state index contributed by atoms with van der Waals surface area (Å²) in [6.45, 7) is 0. The van der Waals surface area contributed by atoms with E-state index >= 15 is 0 Å². The average Bonchev–Trinajstić information content (AvgIpc) is 3.00. The molecule has 1 aliphatic rings. The van der Waals surface area contributed by atoms with Gasteiger partial charge in [-0.2, -0.15) is 0 Å². The molecule has 0 bridgehead atoms. The molecule has 0 saturated heterocycles. The van der Waals surface area contributed by atoms with Crippen LogP contribution in [-0.2, 0) is 0 Å². The van der Waals surface area contributed by atoms with Gasteiger partial charge in [-0.25, -0.2) is 0 Å². The number of ketones is 1. The zero-order valence-corrected chi connectivity index (χ0v) is 8.50. The number of nitrogens with two attached hydrogens (primary N) is 1. The summed E-state index contributed by atoms with van der Waals surface area (Å²) in [6.07, 6.45) is 2.17. The maximum atomic E-state index is 11.8. The molecule has 3 heteroatoms. The third kappa shape index (κ3) is 1.97. The molecule has 14 heavy (non-hydrogen) atoms. The largest absolute Gasteiger partial charge is 0.321 e. The van der Waals surface area contributed by atoms with Gasteiger partial charge in [-0.05, 0) is 43.0 Å². The van der Waals surface area contributed by atoms with E-state index < -0.39 is 0 Å². The summed E-state index contributed by atoms with van der Waals surface area (Å²) in [5, 5.41) is 0.640. The van der Waals surface area contributed by atoms with Crippen molar-refractivity contribution in [2.75, 3.05) is 0 Å². The molecule has 0 spiro atoms. The molecule has 0 amide bonds. The van der Waals surface area contributed by atoms with Gasteiger partial charge in [-0.15, -0.1) is 0 Å². The van der Waals surface area contributed by atoms with Crippen molar-refractivity contribution in [1.29, 1.82) is 0 Å². The van der Waals surface area contributed by atoms with Crippen LogP contribution in [0.25, 0.3) is 0 Å². The van der Waals surface area contributed by atoms with Gasteiger partial charge >= 0.3 is 0 Å². The van der Waals surface area contributed by atoms with Gasteiger partial charge in [0.1, 0.15) is 0 Å². The minimum absolute atomic E-state index is 0.0316. The van der Waals surface area contributed by atoms with Gasteiger partial charge < -0.3 is 5.73 Å². The minimum Gasteiger partial charge on any atom is -0.321 e. The van der Waals surface area contributed by atoms with Crippen LogP contribution in [0.4, 0.5) is 0 Å². The molecular weight excluding hydrogens is 198 g/mol. The Morgan fingerprint density at radius 2 is 1.93 bits per heavy atom. The molecule has 1 saturated carbocycles. The first kappa shape index (κ1) is 9.69. The Bertz CT molecular complexity index is 343. The zero-order chi connectivity index (χ0) is 10.1. The van der Waals surface area contributed by atoms with Crippen molar-refractivity contribution < 1.29 is 4.79 Å². The van der Waals surface area contributed by atoms with Gasteiger partial charge in [-0.3, -0.25) is 4.79 Å². The van der Waals surface area contributed by atoms with Crippen LogP contribution in [0.1, 0.15) is 23.2 Å². The van der Waals surface area contributed by atoms with Gasteiger partial charge in [0.25, 0.3) is 0 Å². The van der Waals surface area contributed by atoms with E-state index in [1.165, 1.54) is 0 Å². The predicted octanol–water partition coefficient (Wildman–Crippen LogP) is 2.26. The van der Waals surface area contributed by atoms with Crippen molar-refractivity contribution in [2.45, 2.75) is 18.9 Å². The molecular formula is C11H12ClNO. The number of Topliss-reactive ketones (excluding diaryl/α,β-unsaturated/α-hetero) is 1. The Labute approximate surface area is 88.1 Å². The molecule has 1 aromatic carbocycles. The Balaban J connectivity index is 2.13. The van der Waals surface area contributed by atoms with Crippen molar-refractivity contribution in [3.05, 3.63) is 34.9 Å². The number of carbonyl (C=O) groups excluding carboxylic acids is 1. The molecule has 0 unspecified atom stereocenters. The molecule has 2 nitrogen and oxygen atoms in total. The zero-order valence-electron chi connectivity index (χ0n) is 7.74. The molecule has 1 aliphatic carbocycles. The van der Waals surface area contributed by atoms with Crippen LogP contribution in [0.2, 0.25) is 5.02 Å². The summed E-state index contributed by atoms with van der Waals surface area (Å²) in [7, 11) is 0. The van der Waals surface area contributed by atoms with Crippen LogP contribution >= 0.6 is 11.6 Å². The quantitative estimate of drug-likeness (QED) is 0.777. The predicted molar refractivity (Wildman–Crippen MR) is 56.5 cm³/mol. The second-order valence-corrected chi connectivity index (χ2v) is 4.17. The third-order valence-electron chi connectivity index (χ3n) is 2.56. The van der Waals surface area contributed by atoms with E-state index in [2.05, 4.69) is 0 Å². The maximum Gasteiger partial charge on any atom is 0.179 e. The Hall–Kier alpha value is -0.860. The summed E-state index contributed by atoms with van der Waals surface area (Å²) in [4.78, 5) is 11.8. The third-order valence-corrected chi connectivity index (χ3v) is 2.81. The fourth-order valence-electron chi connectivity index (χ4n) is 1.48. The number of benzene rings is 1. The number of carbonyl (C=O) groups is 1. The molecule has 1 atom stereocenters. The van der Waals surface area contributed by atoms with Crippen molar-refractivity contribution >= 4 is 17.4 Å². The lowest BCUT2D eigenvalue weighted by Gasteiger charge is -2.08. The number of rotatable bonds is 3. The molecule has 0 aliphatic heterocycles. The summed E-state index contributed by atoms with van der Waals surface area (Å²) in [5.41, 5.74) is 6.47. The van der Waals surface area contributed by atoms with Gasteiger partial charge in [0, 0.05) is 10.6 Å². The summed E-state index contributed by atoms with van der Waals surface area (Å²) in [6, 6.07) is 6.57. The van der Waals surface area contributed by atoms with Crippen molar-refractivity contribution in [2.24, 2.45) is 11.7 Å². The topological polar surface area (TPSA) is 43.1 Å². The first-order valence-corrected chi connectivity index (χ1v) is 5.11. The van der Waals surface area contributed by atoms with Crippen LogP contribution in [0.15, 0.2) is 24.3 Å². The summed E-state index contributed by atoms with van der Waals surface area (Å²) in [5.74, 6) is 0.433. The molecule has 2 rings (SSSR count). The lowest BCUT2D eigenvalue weighted by molar-refractivity contribution is 0.0952. The highest BCUT2D eigenvalue weighted by molar-refractivity contribution is 6.30.